The number of nitrogens with zero attached hydrogens (tertiary/aromatic N) is 4. The summed E-state index contributed by atoms with van der Waals surface area (Å²) in [5.41, 5.74) is 2.42. The average molecular weight is 456 g/mol. The number of fused-ring (bicyclic) bond motifs is 2. The molecule has 172 valence electrons. The SMILES string of the molecule is CCCCc1oc2ccccc2c1C(=O)NCc1ccc2cc(OCn3cnnn3)ccc2c1. The number of aromatic nitrogens is 4. The van der Waals surface area contributed by atoms with E-state index >= 15 is 0 Å². The first-order chi connectivity index (χ1) is 16.7. The quantitative estimate of drug-likeness (QED) is 0.340. The Balaban J connectivity index is 1.29. The Morgan fingerprint density at radius 2 is 1.94 bits per heavy atom. The summed E-state index contributed by atoms with van der Waals surface area (Å²) in [6.07, 6.45) is 4.27. The molecule has 0 aliphatic rings. The van der Waals surface area contributed by atoms with Crippen LogP contribution in [-0.4, -0.2) is 26.1 Å². The van der Waals surface area contributed by atoms with Crippen molar-refractivity contribution >= 4 is 27.6 Å². The number of hydrogen-bond acceptors (Lipinski definition) is 6. The van der Waals surface area contributed by atoms with Crippen LogP contribution in [0.15, 0.2) is 71.4 Å². The maximum atomic E-state index is 13.2. The molecule has 0 spiro atoms. The molecule has 0 aliphatic heterocycles. The number of carbonyl (C=O) groups excluding carboxylic acids is 1. The van der Waals surface area contributed by atoms with E-state index in [4.69, 9.17) is 9.15 Å². The van der Waals surface area contributed by atoms with E-state index < -0.39 is 0 Å². The summed E-state index contributed by atoms with van der Waals surface area (Å²) in [6.45, 7) is 2.80. The van der Waals surface area contributed by atoms with Crippen molar-refractivity contribution in [3.8, 4) is 5.75 Å². The molecule has 0 bridgehead atoms. The number of nitrogens with one attached hydrogen (secondary N) is 1. The fraction of sp³-hybridized carbons (Fsp3) is 0.231. The van der Waals surface area contributed by atoms with E-state index in [1.165, 1.54) is 11.0 Å². The van der Waals surface area contributed by atoms with Crippen molar-refractivity contribution in [1.29, 1.82) is 0 Å². The zero-order chi connectivity index (χ0) is 23.3. The highest BCUT2D eigenvalue weighted by atomic mass is 16.5. The minimum absolute atomic E-state index is 0.109. The van der Waals surface area contributed by atoms with Gasteiger partial charge in [-0.25, -0.2) is 0 Å². The smallest absolute Gasteiger partial charge is 0.255 e. The van der Waals surface area contributed by atoms with Gasteiger partial charge in [-0.3, -0.25) is 4.79 Å². The number of rotatable bonds is 9. The van der Waals surface area contributed by atoms with Crippen LogP contribution in [0.1, 0.15) is 41.4 Å². The molecule has 0 atom stereocenters. The van der Waals surface area contributed by atoms with Crippen LogP contribution in [0.3, 0.4) is 0 Å². The fourth-order valence-corrected chi connectivity index (χ4v) is 3.98. The van der Waals surface area contributed by atoms with E-state index in [0.717, 1.165) is 58.1 Å². The van der Waals surface area contributed by atoms with Crippen LogP contribution < -0.4 is 10.1 Å². The zero-order valence-electron chi connectivity index (χ0n) is 18.9. The lowest BCUT2D eigenvalue weighted by molar-refractivity contribution is 0.0950. The maximum Gasteiger partial charge on any atom is 0.255 e. The highest BCUT2D eigenvalue weighted by molar-refractivity contribution is 6.07. The lowest BCUT2D eigenvalue weighted by Gasteiger charge is -2.09. The van der Waals surface area contributed by atoms with Gasteiger partial charge in [0.2, 0.25) is 0 Å². The molecular formula is C26H25N5O3. The second-order valence-corrected chi connectivity index (χ2v) is 8.15. The van der Waals surface area contributed by atoms with Gasteiger partial charge in [-0.1, -0.05) is 49.7 Å². The van der Waals surface area contributed by atoms with Gasteiger partial charge in [0.25, 0.3) is 5.91 Å². The Hall–Kier alpha value is -4.20. The van der Waals surface area contributed by atoms with Crippen LogP contribution in [0, 0.1) is 0 Å². The molecule has 3 aromatic carbocycles. The van der Waals surface area contributed by atoms with Crippen LogP contribution >= 0.6 is 0 Å². The summed E-state index contributed by atoms with van der Waals surface area (Å²) in [6, 6.07) is 19.7. The molecule has 1 N–H and O–H groups in total. The summed E-state index contributed by atoms with van der Waals surface area (Å²) < 4.78 is 13.2. The Labute approximate surface area is 196 Å². The number of tetrazole rings is 1. The first-order valence-electron chi connectivity index (χ1n) is 11.4. The molecule has 8 nitrogen and oxygen atoms in total. The third-order valence-electron chi connectivity index (χ3n) is 5.74. The van der Waals surface area contributed by atoms with Gasteiger partial charge >= 0.3 is 0 Å². The fourth-order valence-electron chi connectivity index (χ4n) is 3.98. The van der Waals surface area contributed by atoms with Crippen molar-refractivity contribution in [2.75, 3.05) is 0 Å². The van der Waals surface area contributed by atoms with Crippen molar-refractivity contribution in [3.63, 3.8) is 0 Å². The maximum absolute atomic E-state index is 13.2. The monoisotopic (exact) mass is 455 g/mol. The Morgan fingerprint density at radius 1 is 1.09 bits per heavy atom. The molecule has 5 rings (SSSR count). The third-order valence-corrected chi connectivity index (χ3v) is 5.74. The van der Waals surface area contributed by atoms with Crippen LogP contribution in [-0.2, 0) is 19.7 Å². The van der Waals surface area contributed by atoms with Crippen LogP contribution in [0.4, 0.5) is 0 Å². The largest absolute Gasteiger partial charge is 0.471 e. The van der Waals surface area contributed by atoms with Gasteiger partial charge in [-0.2, -0.15) is 4.68 Å². The summed E-state index contributed by atoms with van der Waals surface area (Å²) in [5.74, 6) is 1.38. The molecule has 2 heterocycles. The number of unbranched alkanes of at least 4 members (excludes halogenated alkanes) is 1. The number of benzene rings is 3. The van der Waals surface area contributed by atoms with Gasteiger partial charge in [-0.15, -0.1) is 5.10 Å². The minimum Gasteiger partial charge on any atom is -0.471 e. The standard InChI is InChI=1S/C26H25N5O3/c1-2-3-7-24-25(22-6-4-5-8-23(22)34-24)26(32)27-15-18-9-10-20-14-21(12-11-19(20)13-18)33-17-31-16-28-29-30-31/h4-6,8-14,16H,2-3,7,15,17H2,1H3,(H,27,32). The van der Waals surface area contributed by atoms with Crippen molar-refractivity contribution in [2.24, 2.45) is 0 Å². The van der Waals surface area contributed by atoms with Gasteiger partial charge in [0.1, 0.15) is 23.4 Å². The molecule has 2 aromatic heterocycles. The normalized spacial score (nSPS) is 11.2. The van der Waals surface area contributed by atoms with Crippen LogP contribution in [0.5, 0.6) is 5.75 Å². The van der Waals surface area contributed by atoms with Gasteiger partial charge in [0, 0.05) is 18.4 Å². The summed E-state index contributed by atoms with van der Waals surface area (Å²) in [5, 5.41) is 17.0. The number of aryl methyl sites for hydroxylation is 1. The van der Waals surface area contributed by atoms with E-state index in [2.05, 4.69) is 33.8 Å². The minimum atomic E-state index is -0.109. The van der Waals surface area contributed by atoms with Crippen LogP contribution in [0.2, 0.25) is 0 Å². The van der Waals surface area contributed by atoms with Gasteiger partial charge in [-0.05, 0) is 57.4 Å². The highest BCUT2D eigenvalue weighted by Gasteiger charge is 2.20. The van der Waals surface area contributed by atoms with E-state index in [-0.39, 0.29) is 12.6 Å². The van der Waals surface area contributed by atoms with Gasteiger partial charge < -0.3 is 14.5 Å². The lowest BCUT2D eigenvalue weighted by Crippen LogP contribution is -2.23. The number of hydrogen-bond donors (Lipinski definition) is 1. The zero-order valence-corrected chi connectivity index (χ0v) is 18.9. The number of para-hydroxylation sites is 1. The van der Waals surface area contributed by atoms with Gasteiger partial charge in [0.15, 0.2) is 6.73 Å². The third kappa shape index (κ3) is 4.61. The second-order valence-electron chi connectivity index (χ2n) is 8.15. The molecule has 0 saturated carbocycles. The van der Waals surface area contributed by atoms with E-state index in [9.17, 15) is 4.79 Å². The molecule has 0 saturated heterocycles. The summed E-state index contributed by atoms with van der Waals surface area (Å²) >= 11 is 0. The number of ether oxygens (including phenoxy) is 1. The van der Waals surface area contributed by atoms with Crippen molar-refractivity contribution < 1.29 is 13.9 Å². The molecular weight excluding hydrogens is 430 g/mol. The molecule has 8 heteroatoms. The Kier molecular flexibility index (Phi) is 6.20. The van der Waals surface area contributed by atoms with Crippen molar-refractivity contribution in [1.82, 2.24) is 25.5 Å². The molecule has 34 heavy (non-hydrogen) atoms. The predicted octanol–water partition coefficient (Wildman–Crippen LogP) is 4.88. The molecule has 0 unspecified atom stereocenters. The lowest BCUT2D eigenvalue weighted by atomic mass is 10.1. The topological polar surface area (TPSA) is 95.1 Å². The average Bonchev–Trinajstić information content (AvgIpc) is 3.52. The molecule has 0 fully saturated rings. The van der Waals surface area contributed by atoms with E-state index in [0.29, 0.717) is 12.1 Å². The highest BCUT2D eigenvalue weighted by Crippen LogP contribution is 2.27. The molecule has 5 aromatic rings. The van der Waals surface area contributed by atoms with Crippen molar-refractivity contribution in [3.05, 3.63) is 83.9 Å². The first-order valence-corrected chi connectivity index (χ1v) is 11.4. The number of furan rings is 1. The summed E-state index contributed by atoms with van der Waals surface area (Å²) in [7, 11) is 0. The number of carbonyl (C=O) groups is 1. The Morgan fingerprint density at radius 3 is 2.79 bits per heavy atom. The molecule has 1 amide bonds. The summed E-state index contributed by atoms with van der Waals surface area (Å²) in [4.78, 5) is 13.2. The number of amides is 1. The Bertz CT molecular complexity index is 1430. The van der Waals surface area contributed by atoms with E-state index in [1.54, 1.807) is 0 Å². The van der Waals surface area contributed by atoms with E-state index in [1.807, 2.05) is 54.6 Å². The first kappa shape index (κ1) is 21.6. The van der Waals surface area contributed by atoms with Crippen LogP contribution in [0.25, 0.3) is 21.7 Å². The van der Waals surface area contributed by atoms with Gasteiger partial charge in [0.05, 0.1) is 5.56 Å². The molecule has 0 aliphatic carbocycles. The second kappa shape index (κ2) is 9.74. The van der Waals surface area contributed by atoms with Crippen molar-refractivity contribution in [2.45, 2.75) is 39.5 Å². The molecule has 0 radical (unpaired) electrons. The predicted molar refractivity (Wildman–Crippen MR) is 128 cm³/mol.